The molecule has 0 radical (unpaired) electrons. The van der Waals surface area contributed by atoms with Crippen molar-refractivity contribution < 1.29 is 0 Å². The summed E-state index contributed by atoms with van der Waals surface area (Å²) in [7, 11) is 0. The molecule has 6 rings (SSSR count). The lowest BCUT2D eigenvalue weighted by molar-refractivity contribution is 0.536. The molecule has 0 fully saturated rings. The lowest BCUT2D eigenvalue weighted by Crippen LogP contribution is -1.98. The van der Waals surface area contributed by atoms with Crippen molar-refractivity contribution >= 4 is 43.6 Å². The summed E-state index contributed by atoms with van der Waals surface area (Å²) >= 11 is 0. The van der Waals surface area contributed by atoms with Crippen LogP contribution in [0.15, 0.2) is 97.1 Å². The van der Waals surface area contributed by atoms with Crippen molar-refractivity contribution in [2.45, 2.75) is 64.5 Å². The molecule has 0 spiro atoms. The van der Waals surface area contributed by atoms with Gasteiger partial charge in [0.1, 0.15) is 0 Å². The molecule has 182 valence electrons. The number of para-hydroxylation sites is 4. The molecule has 2 heteroatoms. The van der Waals surface area contributed by atoms with E-state index >= 15 is 0 Å². The summed E-state index contributed by atoms with van der Waals surface area (Å²) in [6.07, 6.45) is 10.6. The first-order chi connectivity index (χ1) is 17.9. The summed E-state index contributed by atoms with van der Waals surface area (Å²) in [5.74, 6) is 0. The fourth-order valence-corrected chi connectivity index (χ4v) is 6.09. The first kappa shape index (κ1) is 22.9. The molecule has 6 aromatic rings. The van der Waals surface area contributed by atoms with Gasteiger partial charge in [-0.1, -0.05) is 111 Å². The van der Waals surface area contributed by atoms with Crippen LogP contribution in [0.25, 0.3) is 43.6 Å². The summed E-state index contributed by atoms with van der Waals surface area (Å²) in [6, 6.07) is 35.4. The third-order valence-electron chi connectivity index (χ3n) is 7.87. The SMILES string of the molecule is c1ccc2c(c1)c1ccccc1n2CCCCCCCCCCn1c2ccccc2c2ccccc21. The third-order valence-corrected chi connectivity index (χ3v) is 7.87. The number of aromatic nitrogens is 2. The zero-order valence-corrected chi connectivity index (χ0v) is 21.2. The monoisotopic (exact) mass is 472 g/mol. The van der Waals surface area contributed by atoms with Gasteiger partial charge in [0, 0.05) is 56.7 Å². The zero-order valence-electron chi connectivity index (χ0n) is 21.2. The smallest absolute Gasteiger partial charge is 0.0491 e. The normalized spacial score (nSPS) is 11.9. The molecule has 0 amide bonds. The van der Waals surface area contributed by atoms with Crippen LogP contribution in [0, 0.1) is 0 Å². The lowest BCUT2D eigenvalue weighted by atomic mass is 10.1. The molecular weight excluding hydrogens is 436 g/mol. The van der Waals surface area contributed by atoms with Gasteiger partial charge in [-0.3, -0.25) is 0 Å². The number of nitrogens with zero attached hydrogens (tertiary/aromatic N) is 2. The minimum Gasteiger partial charge on any atom is -0.340 e. The summed E-state index contributed by atoms with van der Waals surface area (Å²) in [6.45, 7) is 2.24. The number of hydrogen-bond donors (Lipinski definition) is 0. The Morgan fingerprint density at radius 3 is 0.861 bits per heavy atom. The minimum atomic E-state index is 1.12. The number of hydrogen-bond acceptors (Lipinski definition) is 0. The predicted molar refractivity (Wildman–Crippen MR) is 156 cm³/mol. The Balaban J connectivity index is 0.941. The highest BCUT2D eigenvalue weighted by Crippen LogP contribution is 2.30. The second kappa shape index (κ2) is 10.6. The highest BCUT2D eigenvalue weighted by atomic mass is 15.0. The molecule has 2 heterocycles. The van der Waals surface area contributed by atoms with Crippen LogP contribution in [-0.4, -0.2) is 9.13 Å². The van der Waals surface area contributed by atoms with E-state index in [-0.39, 0.29) is 0 Å². The van der Waals surface area contributed by atoms with Gasteiger partial charge >= 0.3 is 0 Å². The highest BCUT2D eigenvalue weighted by Gasteiger charge is 2.10. The Morgan fingerprint density at radius 1 is 0.306 bits per heavy atom. The van der Waals surface area contributed by atoms with Gasteiger partial charge in [0.25, 0.3) is 0 Å². The number of rotatable bonds is 11. The summed E-state index contributed by atoms with van der Waals surface area (Å²) in [4.78, 5) is 0. The third kappa shape index (κ3) is 4.41. The van der Waals surface area contributed by atoms with E-state index in [9.17, 15) is 0 Å². The van der Waals surface area contributed by atoms with Crippen molar-refractivity contribution in [2.75, 3.05) is 0 Å². The number of unbranched alkanes of at least 4 members (excludes halogenated alkanes) is 7. The van der Waals surface area contributed by atoms with Gasteiger partial charge in [-0.2, -0.15) is 0 Å². The fraction of sp³-hybridized carbons (Fsp3) is 0.294. The molecule has 0 saturated carbocycles. The molecule has 0 aliphatic carbocycles. The Labute approximate surface area is 214 Å². The van der Waals surface area contributed by atoms with E-state index < -0.39 is 0 Å². The Bertz CT molecular complexity index is 1370. The molecule has 0 atom stereocenters. The second-order valence-corrected chi connectivity index (χ2v) is 10.2. The molecule has 0 aliphatic heterocycles. The number of aryl methyl sites for hydroxylation is 2. The summed E-state index contributed by atoms with van der Waals surface area (Å²) in [5.41, 5.74) is 5.51. The van der Waals surface area contributed by atoms with Gasteiger partial charge in [-0.15, -0.1) is 0 Å². The maximum absolute atomic E-state index is 2.53. The minimum absolute atomic E-state index is 1.12. The molecule has 0 saturated heterocycles. The van der Waals surface area contributed by atoms with Crippen LogP contribution in [0.2, 0.25) is 0 Å². The van der Waals surface area contributed by atoms with Gasteiger partial charge in [0.2, 0.25) is 0 Å². The van der Waals surface area contributed by atoms with Gasteiger partial charge in [-0.05, 0) is 37.1 Å². The average Bonchev–Trinajstić information content (AvgIpc) is 3.43. The van der Waals surface area contributed by atoms with Crippen LogP contribution < -0.4 is 0 Å². The summed E-state index contributed by atoms with van der Waals surface area (Å²) in [5, 5.41) is 5.53. The van der Waals surface area contributed by atoms with Crippen molar-refractivity contribution in [2.24, 2.45) is 0 Å². The maximum Gasteiger partial charge on any atom is 0.0491 e. The first-order valence-corrected chi connectivity index (χ1v) is 13.8. The van der Waals surface area contributed by atoms with Crippen molar-refractivity contribution in [1.29, 1.82) is 0 Å². The van der Waals surface area contributed by atoms with E-state index in [1.54, 1.807) is 0 Å². The van der Waals surface area contributed by atoms with Gasteiger partial charge in [-0.25, -0.2) is 0 Å². The molecule has 36 heavy (non-hydrogen) atoms. The quantitative estimate of drug-likeness (QED) is 0.166. The Hall–Kier alpha value is -3.52. The number of fused-ring (bicyclic) bond motifs is 6. The van der Waals surface area contributed by atoms with Crippen LogP contribution in [0.1, 0.15) is 51.4 Å². The van der Waals surface area contributed by atoms with Crippen LogP contribution in [0.5, 0.6) is 0 Å². The first-order valence-electron chi connectivity index (χ1n) is 13.8. The molecule has 0 N–H and O–H groups in total. The van der Waals surface area contributed by atoms with Crippen molar-refractivity contribution in [3.63, 3.8) is 0 Å². The molecule has 0 bridgehead atoms. The number of benzene rings is 4. The standard InChI is InChI=1S/C34H36N2/c1(3-5-15-25-35-31-21-11-7-17-27(31)28-18-8-12-22-32(28)35)2-4-6-16-26-36-33-23-13-9-19-29(33)30-20-10-14-24-34(30)36/h7-14,17-24H,1-6,15-16,25-26H2. The zero-order chi connectivity index (χ0) is 24.2. The van der Waals surface area contributed by atoms with E-state index in [1.807, 2.05) is 0 Å². The Kier molecular flexibility index (Phi) is 6.76. The average molecular weight is 473 g/mol. The van der Waals surface area contributed by atoms with E-state index in [2.05, 4.69) is 106 Å². The molecule has 2 nitrogen and oxygen atoms in total. The fourth-order valence-electron chi connectivity index (χ4n) is 6.09. The van der Waals surface area contributed by atoms with Crippen LogP contribution in [0.4, 0.5) is 0 Å². The molecular formula is C34H36N2. The Morgan fingerprint density at radius 2 is 0.556 bits per heavy atom. The van der Waals surface area contributed by atoms with E-state index in [0.717, 1.165) is 13.1 Å². The largest absolute Gasteiger partial charge is 0.340 e. The van der Waals surface area contributed by atoms with E-state index in [4.69, 9.17) is 0 Å². The van der Waals surface area contributed by atoms with Crippen LogP contribution >= 0.6 is 0 Å². The van der Waals surface area contributed by atoms with Crippen LogP contribution in [0.3, 0.4) is 0 Å². The van der Waals surface area contributed by atoms with E-state index in [1.165, 1.54) is 95.0 Å². The van der Waals surface area contributed by atoms with Gasteiger partial charge in [0.15, 0.2) is 0 Å². The molecule has 0 unspecified atom stereocenters. The topological polar surface area (TPSA) is 9.86 Å². The van der Waals surface area contributed by atoms with Crippen molar-refractivity contribution in [3.8, 4) is 0 Å². The maximum atomic E-state index is 2.53. The predicted octanol–water partition coefficient (Wildman–Crippen LogP) is 9.72. The molecule has 2 aromatic heterocycles. The molecule has 4 aromatic carbocycles. The summed E-state index contributed by atoms with van der Waals surface area (Å²) < 4.78 is 5.05. The lowest BCUT2D eigenvalue weighted by Gasteiger charge is -2.08. The van der Waals surface area contributed by atoms with Gasteiger partial charge < -0.3 is 9.13 Å². The van der Waals surface area contributed by atoms with E-state index in [0.29, 0.717) is 0 Å². The van der Waals surface area contributed by atoms with Crippen molar-refractivity contribution in [1.82, 2.24) is 9.13 Å². The second-order valence-electron chi connectivity index (χ2n) is 10.2. The highest BCUT2D eigenvalue weighted by molar-refractivity contribution is 6.08. The molecule has 0 aliphatic rings. The van der Waals surface area contributed by atoms with Crippen LogP contribution in [-0.2, 0) is 13.1 Å². The van der Waals surface area contributed by atoms with Crippen molar-refractivity contribution in [3.05, 3.63) is 97.1 Å². The van der Waals surface area contributed by atoms with Gasteiger partial charge in [0.05, 0.1) is 0 Å².